The zero-order valence-electron chi connectivity index (χ0n) is 37.4. The van der Waals surface area contributed by atoms with Gasteiger partial charge in [0.2, 0.25) is 0 Å². The van der Waals surface area contributed by atoms with Gasteiger partial charge in [0.1, 0.15) is 42.6 Å². The maximum absolute atomic E-state index is 14.0. The number of carbonyl (C=O) groups is 4. The number of hydrogen-bond donors (Lipinski definition) is 3. The molecule has 5 aliphatic rings. The molecule has 3 aromatic rings. The molecule has 15 nitrogen and oxygen atoms in total. The number of hydrogen-bond acceptors (Lipinski definition) is 14. The molecule has 3 aliphatic heterocycles. The molecule has 344 valence electrons. The Morgan fingerprint density at radius 1 is 0.828 bits per heavy atom. The van der Waals surface area contributed by atoms with E-state index in [2.05, 4.69) is 26.2 Å². The molecule has 0 aromatic heterocycles. The highest BCUT2D eigenvalue weighted by molar-refractivity contribution is 6.29. The first-order valence-corrected chi connectivity index (χ1v) is 22.3. The number of likely N-dealkylation sites (N-methyl/N-ethyl adjacent to an activating group) is 1. The van der Waals surface area contributed by atoms with Gasteiger partial charge in [0.15, 0.2) is 36.2 Å². The molecule has 64 heavy (non-hydrogen) atoms. The minimum Gasteiger partial charge on any atom is -0.507 e. The fourth-order valence-corrected chi connectivity index (χ4v) is 10.5. The summed E-state index contributed by atoms with van der Waals surface area (Å²) in [7, 11) is 5.39. The molecule has 0 bridgehead atoms. The Morgan fingerprint density at radius 2 is 1.45 bits per heavy atom. The van der Waals surface area contributed by atoms with Gasteiger partial charge < -0.3 is 53.0 Å². The standard InChI is InChI=1S/C49H59NO14/c1-8-49(57)23-36(40-31(42(49)48(56)58-7)20-32-41(45(40)55)44(54)30-17-13-12-16-29(30)43(32)53)62-38-21-33(50(5,6)24-28-14-10-9-11-15-28)46(26(3)60-38)64-39-22-35(52)47(27(4)61-39)63-37-19-18-34(51)25(2)59-37/h9-17,20,25-27,33,35-39,42,46-47,52,57H,8,18-19,21-24H2,1-7H3/p+1/t25-,26-,27-,33-,35-,36-,37-,38-,39-,42-,46+,47+,49+/m0/s1. The Morgan fingerprint density at radius 3 is 2.09 bits per heavy atom. The number of Topliss-reactive ketones (excluding diaryl/α,β-unsaturated/α-hetero) is 1. The van der Waals surface area contributed by atoms with Crippen LogP contribution in [-0.2, 0) is 49.3 Å². The van der Waals surface area contributed by atoms with Crippen molar-refractivity contribution in [1.82, 2.24) is 0 Å². The van der Waals surface area contributed by atoms with Crippen LogP contribution in [0.3, 0.4) is 0 Å². The van der Waals surface area contributed by atoms with E-state index in [1.54, 1.807) is 39.0 Å². The normalized spacial score (nSPS) is 34.1. The van der Waals surface area contributed by atoms with E-state index < -0.39 is 96.4 Å². The number of aromatic hydroxyl groups is 1. The van der Waals surface area contributed by atoms with Gasteiger partial charge in [-0.2, -0.15) is 0 Å². The van der Waals surface area contributed by atoms with Crippen LogP contribution in [0.5, 0.6) is 5.75 Å². The third-order valence-electron chi connectivity index (χ3n) is 14.0. The number of fused-ring (bicyclic) bond motifs is 3. The zero-order valence-corrected chi connectivity index (χ0v) is 37.4. The second-order valence-corrected chi connectivity index (χ2v) is 18.6. The van der Waals surface area contributed by atoms with E-state index in [0.29, 0.717) is 23.9 Å². The van der Waals surface area contributed by atoms with Crippen molar-refractivity contribution < 1.29 is 72.1 Å². The lowest BCUT2D eigenvalue weighted by molar-refractivity contribution is -0.934. The van der Waals surface area contributed by atoms with E-state index in [1.165, 1.54) is 19.2 Å². The van der Waals surface area contributed by atoms with Gasteiger partial charge in [0.05, 0.1) is 63.2 Å². The molecule has 3 saturated heterocycles. The maximum atomic E-state index is 14.0. The van der Waals surface area contributed by atoms with E-state index in [9.17, 15) is 34.5 Å². The van der Waals surface area contributed by atoms with Gasteiger partial charge in [-0.3, -0.25) is 19.2 Å². The Labute approximate surface area is 373 Å². The summed E-state index contributed by atoms with van der Waals surface area (Å²) in [6, 6.07) is 17.5. The highest BCUT2D eigenvalue weighted by Crippen LogP contribution is 2.54. The summed E-state index contributed by atoms with van der Waals surface area (Å²) < 4.78 is 44.2. The third kappa shape index (κ3) is 8.58. The van der Waals surface area contributed by atoms with Gasteiger partial charge in [0.25, 0.3) is 0 Å². The number of ether oxygens (including phenoxy) is 7. The Kier molecular flexibility index (Phi) is 13.0. The molecule has 0 spiro atoms. The molecule has 15 heteroatoms. The van der Waals surface area contributed by atoms with Gasteiger partial charge in [-0.15, -0.1) is 0 Å². The number of phenols is 1. The lowest BCUT2D eigenvalue weighted by atomic mass is 9.67. The van der Waals surface area contributed by atoms with E-state index in [0.717, 1.165) is 5.56 Å². The minimum atomic E-state index is -1.74. The monoisotopic (exact) mass is 886 g/mol. The fraction of sp³-hybridized carbons (Fsp3) is 0.551. The molecule has 3 N–H and O–H groups in total. The smallest absolute Gasteiger partial charge is 0.316 e. The van der Waals surface area contributed by atoms with Gasteiger partial charge >= 0.3 is 5.97 Å². The largest absolute Gasteiger partial charge is 0.507 e. The number of ketones is 3. The summed E-state index contributed by atoms with van der Waals surface area (Å²) >= 11 is 0. The quantitative estimate of drug-likeness (QED) is 0.132. The number of methoxy groups -OCH3 is 1. The zero-order chi connectivity index (χ0) is 45.8. The summed E-state index contributed by atoms with van der Waals surface area (Å²) in [6.07, 6.45) is -6.60. The van der Waals surface area contributed by atoms with Crippen molar-refractivity contribution in [2.45, 2.75) is 152 Å². The number of aliphatic hydroxyl groups excluding tert-OH is 1. The van der Waals surface area contributed by atoms with E-state index >= 15 is 0 Å². The van der Waals surface area contributed by atoms with E-state index in [-0.39, 0.29) is 70.9 Å². The topological polar surface area (TPSA) is 194 Å². The summed E-state index contributed by atoms with van der Waals surface area (Å²) in [4.78, 5) is 53.6. The number of aliphatic hydroxyl groups is 2. The molecule has 13 atom stereocenters. The highest BCUT2D eigenvalue weighted by atomic mass is 16.7. The van der Waals surface area contributed by atoms with E-state index in [4.69, 9.17) is 33.2 Å². The number of quaternary nitrogens is 1. The van der Waals surface area contributed by atoms with Gasteiger partial charge in [-0.05, 0) is 38.8 Å². The minimum absolute atomic E-state index is 0.0111. The van der Waals surface area contributed by atoms with Crippen LogP contribution in [0.15, 0.2) is 60.7 Å². The summed E-state index contributed by atoms with van der Waals surface area (Å²) in [5.41, 5.74) is -0.376. The lowest BCUT2D eigenvalue weighted by Gasteiger charge is -2.50. The molecule has 3 fully saturated rings. The van der Waals surface area contributed by atoms with Gasteiger partial charge in [-0.1, -0.05) is 61.5 Å². The predicted octanol–water partition coefficient (Wildman–Crippen LogP) is 5.17. The first-order valence-electron chi connectivity index (χ1n) is 22.3. The first kappa shape index (κ1) is 46.1. The van der Waals surface area contributed by atoms with Crippen molar-refractivity contribution in [2.75, 3.05) is 21.2 Å². The Balaban J connectivity index is 1.10. The second-order valence-electron chi connectivity index (χ2n) is 18.6. The maximum Gasteiger partial charge on any atom is 0.316 e. The average molecular weight is 887 g/mol. The number of nitrogens with zero attached hydrogens (tertiary/aromatic N) is 1. The van der Waals surface area contributed by atoms with Crippen molar-refractivity contribution in [3.05, 3.63) is 99.6 Å². The predicted molar refractivity (Wildman–Crippen MR) is 228 cm³/mol. The molecule has 8 rings (SSSR count). The summed E-state index contributed by atoms with van der Waals surface area (Å²) in [6.45, 7) is 7.69. The molecule has 2 aliphatic carbocycles. The molecular formula is C49H60NO14+. The van der Waals surface area contributed by atoms with Gasteiger partial charge in [-0.25, -0.2) is 0 Å². The number of rotatable bonds is 11. The SMILES string of the molecule is CC[C@@]1(O)C[C@H](O[C@H]2C[C@H]([N+](C)(C)Cc3ccccc3)[C@H](O[C@H]3C[C@H](O)[C@H](O[C@H]4CCC(=O)[C@H](C)O4)[C@H](C)O3)[C@H](C)O2)c2c(cc3c(c2O)C(=O)c2ccccc2C3=O)[C@H]1C(=O)OC. The second kappa shape index (κ2) is 18.1. The highest BCUT2D eigenvalue weighted by Gasteiger charge is 2.55. The Hall–Kier alpha value is -4.42. The summed E-state index contributed by atoms with van der Waals surface area (Å²) in [5.74, 6) is -3.61. The van der Waals surface area contributed by atoms with Crippen LogP contribution in [0, 0.1) is 0 Å². The van der Waals surface area contributed by atoms with Crippen LogP contribution >= 0.6 is 0 Å². The number of esters is 1. The molecule has 3 aromatic carbocycles. The van der Waals surface area contributed by atoms with Crippen molar-refractivity contribution in [3.8, 4) is 5.75 Å². The van der Waals surface area contributed by atoms with Crippen LogP contribution in [-0.4, -0.2) is 131 Å². The average Bonchev–Trinajstić information content (AvgIpc) is 3.26. The summed E-state index contributed by atoms with van der Waals surface area (Å²) in [5, 5.41) is 35.9. The van der Waals surface area contributed by atoms with Crippen molar-refractivity contribution in [2.24, 2.45) is 0 Å². The van der Waals surface area contributed by atoms with Crippen LogP contribution < -0.4 is 0 Å². The molecule has 0 amide bonds. The van der Waals surface area contributed by atoms with Crippen molar-refractivity contribution in [3.63, 3.8) is 0 Å². The Bertz CT molecular complexity index is 2250. The van der Waals surface area contributed by atoms with Crippen molar-refractivity contribution >= 4 is 23.3 Å². The molecule has 0 radical (unpaired) electrons. The third-order valence-corrected chi connectivity index (χ3v) is 14.0. The van der Waals surface area contributed by atoms with Gasteiger partial charge in [0, 0.05) is 53.5 Å². The van der Waals surface area contributed by atoms with Crippen LogP contribution in [0.2, 0.25) is 0 Å². The lowest BCUT2D eigenvalue weighted by Crippen LogP contribution is -2.63. The van der Waals surface area contributed by atoms with Crippen LogP contribution in [0.25, 0.3) is 0 Å². The number of benzene rings is 3. The first-order chi connectivity index (χ1) is 30.4. The number of carbonyl (C=O) groups excluding carboxylic acids is 4. The molecule has 0 unspecified atom stereocenters. The van der Waals surface area contributed by atoms with Crippen molar-refractivity contribution in [1.29, 1.82) is 0 Å². The van der Waals surface area contributed by atoms with Crippen LogP contribution in [0.4, 0.5) is 0 Å². The fourth-order valence-electron chi connectivity index (χ4n) is 10.5. The molecule has 0 saturated carbocycles. The molecule has 3 heterocycles. The molecular weight excluding hydrogens is 827 g/mol. The van der Waals surface area contributed by atoms with E-state index in [1.807, 2.05) is 25.1 Å². The van der Waals surface area contributed by atoms with Crippen LogP contribution in [0.1, 0.15) is 127 Å². The number of phenolic OH excluding ortho intramolecular Hbond substituents is 1.